The molecular formula is C11H21N3O. The van der Waals surface area contributed by atoms with E-state index in [4.69, 9.17) is 10.9 Å². The standard InChI is InChI=1S/C11H21N3O/c12-10(14-15)7-11(5-6-11)8-13-9-3-1-2-4-9/h9,13,15H,1-8H2,(H2,12,14). The van der Waals surface area contributed by atoms with Crippen molar-refractivity contribution >= 4 is 5.84 Å². The maximum absolute atomic E-state index is 8.55. The molecule has 0 aromatic heterocycles. The van der Waals surface area contributed by atoms with Crippen LogP contribution in [0.1, 0.15) is 44.9 Å². The number of nitrogens with one attached hydrogen (secondary N) is 1. The fraction of sp³-hybridized carbons (Fsp3) is 0.909. The van der Waals surface area contributed by atoms with E-state index in [0.29, 0.717) is 11.3 Å². The lowest BCUT2D eigenvalue weighted by molar-refractivity contribution is 0.313. The zero-order valence-electron chi connectivity index (χ0n) is 9.21. The lowest BCUT2D eigenvalue weighted by Crippen LogP contribution is -2.34. The minimum absolute atomic E-state index is 0.304. The number of nitrogens with two attached hydrogens (primary N) is 1. The van der Waals surface area contributed by atoms with Gasteiger partial charge in [0.25, 0.3) is 0 Å². The van der Waals surface area contributed by atoms with E-state index in [1.165, 1.54) is 38.5 Å². The summed E-state index contributed by atoms with van der Waals surface area (Å²) in [5.74, 6) is 0.376. The average Bonchev–Trinajstić information content (AvgIpc) is 2.81. The Morgan fingerprint density at radius 3 is 2.60 bits per heavy atom. The average molecular weight is 211 g/mol. The van der Waals surface area contributed by atoms with Gasteiger partial charge in [-0.15, -0.1) is 0 Å². The molecule has 2 fully saturated rings. The van der Waals surface area contributed by atoms with Crippen molar-refractivity contribution in [2.24, 2.45) is 16.3 Å². The van der Waals surface area contributed by atoms with Crippen LogP contribution < -0.4 is 11.1 Å². The van der Waals surface area contributed by atoms with Crippen molar-refractivity contribution in [3.8, 4) is 0 Å². The maximum Gasteiger partial charge on any atom is 0.139 e. The number of nitrogens with zero attached hydrogens (tertiary/aromatic N) is 1. The van der Waals surface area contributed by atoms with Crippen molar-refractivity contribution < 1.29 is 5.21 Å². The van der Waals surface area contributed by atoms with Gasteiger partial charge in [0, 0.05) is 19.0 Å². The Labute approximate surface area is 90.9 Å². The van der Waals surface area contributed by atoms with Crippen LogP contribution in [0.3, 0.4) is 0 Å². The number of rotatable bonds is 5. The third-order valence-corrected chi connectivity index (χ3v) is 3.76. The first-order chi connectivity index (χ1) is 7.24. The van der Waals surface area contributed by atoms with E-state index in [1.807, 2.05) is 0 Å². The molecule has 86 valence electrons. The summed E-state index contributed by atoms with van der Waals surface area (Å²) in [6.45, 7) is 1.04. The summed E-state index contributed by atoms with van der Waals surface area (Å²) in [4.78, 5) is 0. The highest BCUT2D eigenvalue weighted by Gasteiger charge is 2.43. The van der Waals surface area contributed by atoms with Crippen LogP contribution in [0.25, 0.3) is 0 Å². The van der Waals surface area contributed by atoms with Crippen LogP contribution in [-0.2, 0) is 0 Å². The van der Waals surface area contributed by atoms with Gasteiger partial charge in [-0.2, -0.15) is 0 Å². The van der Waals surface area contributed by atoms with Crippen molar-refractivity contribution in [3.05, 3.63) is 0 Å². The third-order valence-electron chi connectivity index (χ3n) is 3.76. The number of hydrogen-bond acceptors (Lipinski definition) is 3. The van der Waals surface area contributed by atoms with Gasteiger partial charge < -0.3 is 16.3 Å². The predicted octanol–water partition coefficient (Wildman–Crippen LogP) is 1.44. The summed E-state index contributed by atoms with van der Waals surface area (Å²) < 4.78 is 0. The SMILES string of the molecule is NC(CC1(CNC2CCCC2)CC1)=NO. The molecule has 2 rings (SSSR count). The summed E-state index contributed by atoms with van der Waals surface area (Å²) in [6, 6.07) is 0.717. The molecule has 0 aromatic carbocycles. The van der Waals surface area contributed by atoms with Crippen molar-refractivity contribution in [3.63, 3.8) is 0 Å². The monoisotopic (exact) mass is 211 g/mol. The van der Waals surface area contributed by atoms with Gasteiger partial charge in [-0.3, -0.25) is 0 Å². The second kappa shape index (κ2) is 4.39. The lowest BCUT2D eigenvalue weighted by Gasteiger charge is -2.18. The van der Waals surface area contributed by atoms with E-state index >= 15 is 0 Å². The van der Waals surface area contributed by atoms with E-state index in [2.05, 4.69) is 10.5 Å². The summed E-state index contributed by atoms with van der Waals surface area (Å²) in [7, 11) is 0. The molecule has 0 heterocycles. The van der Waals surface area contributed by atoms with E-state index < -0.39 is 0 Å². The molecule has 0 spiro atoms. The van der Waals surface area contributed by atoms with Crippen LogP contribution in [0.15, 0.2) is 5.16 Å². The third kappa shape index (κ3) is 2.84. The molecule has 0 atom stereocenters. The number of amidine groups is 1. The van der Waals surface area contributed by atoms with Crippen molar-refractivity contribution in [2.45, 2.75) is 51.0 Å². The molecule has 2 aliphatic rings. The van der Waals surface area contributed by atoms with Crippen LogP contribution in [0.2, 0.25) is 0 Å². The van der Waals surface area contributed by atoms with E-state index in [0.717, 1.165) is 19.0 Å². The molecule has 0 unspecified atom stereocenters. The minimum atomic E-state index is 0.304. The Bertz CT molecular complexity index is 242. The fourth-order valence-corrected chi connectivity index (χ4v) is 2.50. The molecule has 0 aromatic rings. The van der Waals surface area contributed by atoms with Gasteiger partial charge in [0.2, 0.25) is 0 Å². The van der Waals surface area contributed by atoms with Gasteiger partial charge in [-0.05, 0) is 31.1 Å². The molecule has 0 amide bonds. The molecule has 15 heavy (non-hydrogen) atoms. The summed E-state index contributed by atoms with van der Waals surface area (Å²) in [5, 5.41) is 15.2. The zero-order valence-corrected chi connectivity index (χ0v) is 9.21. The smallest absolute Gasteiger partial charge is 0.139 e. The second-order valence-corrected chi connectivity index (χ2v) is 5.13. The predicted molar refractivity (Wildman–Crippen MR) is 60.0 cm³/mol. The summed E-state index contributed by atoms with van der Waals surface area (Å²) >= 11 is 0. The Kier molecular flexibility index (Phi) is 3.14. The molecule has 4 heteroatoms. The lowest BCUT2D eigenvalue weighted by atomic mass is 10.0. The van der Waals surface area contributed by atoms with Crippen molar-refractivity contribution in [1.29, 1.82) is 0 Å². The van der Waals surface area contributed by atoms with Gasteiger partial charge in [0.15, 0.2) is 0 Å². The molecular weight excluding hydrogens is 190 g/mol. The highest BCUT2D eigenvalue weighted by Crippen LogP contribution is 2.48. The summed E-state index contributed by atoms with van der Waals surface area (Å²) in [6.07, 6.45) is 8.53. The van der Waals surface area contributed by atoms with Crippen LogP contribution in [-0.4, -0.2) is 23.6 Å². The Morgan fingerprint density at radius 2 is 2.07 bits per heavy atom. The molecule has 4 nitrogen and oxygen atoms in total. The van der Waals surface area contributed by atoms with Crippen LogP contribution in [0, 0.1) is 5.41 Å². The first kappa shape index (κ1) is 10.7. The maximum atomic E-state index is 8.55. The fourth-order valence-electron chi connectivity index (χ4n) is 2.50. The topological polar surface area (TPSA) is 70.6 Å². The van der Waals surface area contributed by atoms with Gasteiger partial charge in [0.1, 0.15) is 5.84 Å². The van der Waals surface area contributed by atoms with E-state index in [1.54, 1.807) is 0 Å². The zero-order chi connectivity index (χ0) is 10.7. The van der Waals surface area contributed by atoms with Gasteiger partial charge in [0.05, 0.1) is 0 Å². The Balaban J connectivity index is 1.73. The van der Waals surface area contributed by atoms with Gasteiger partial charge >= 0.3 is 0 Å². The quantitative estimate of drug-likeness (QED) is 0.279. The van der Waals surface area contributed by atoms with Gasteiger partial charge in [-0.1, -0.05) is 18.0 Å². The minimum Gasteiger partial charge on any atom is -0.409 e. The summed E-state index contributed by atoms with van der Waals surface area (Å²) in [5.41, 5.74) is 5.86. The van der Waals surface area contributed by atoms with Crippen molar-refractivity contribution in [1.82, 2.24) is 5.32 Å². The Morgan fingerprint density at radius 1 is 1.40 bits per heavy atom. The molecule has 0 radical (unpaired) electrons. The first-order valence-electron chi connectivity index (χ1n) is 5.94. The Hall–Kier alpha value is -0.770. The second-order valence-electron chi connectivity index (χ2n) is 5.13. The normalized spacial score (nSPS) is 25.7. The largest absolute Gasteiger partial charge is 0.409 e. The molecule has 0 bridgehead atoms. The van der Waals surface area contributed by atoms with E-state index in [9.17, 15) is 0 Å². The van der Waals surface area contributed by atoms with Crippen LogP contribution >= 0.6 is 0 Å². The molecule has 0 saturated heterocycles. The molecule has 2 saturated carbocycles. The molecule has 0 aliphatic heterocycles. The number of hydrogen-bond donors (Lipinski definition) is 3. The van der Waals surface area contributed by atoms with E-state index in [-0.39, 0.29) is 0 Å². The van der Waals surface area contributed by atoms with Crippen LogP contribution in [0.4, 0.5) is 0 Å². The van der Waals surface area contributed by atoms with Crippen LogP contribution in [0.5, 0.6) is 0 Å². The van der Waals surface area contributed by atoms with Crippen molar-refractivity contribution in [2.75, 3.05) is 6.54 Å². The highest BCUT2D eigenvalue weighted by molar-refractivity contribution is 5.80. The highest BCUT2D eigenvalue weighted by atomic mass is 16.4. The first-order valence-corrected chi connectivity index (χ1v) is 5.94. The van der Waals surface area contributed by atoms with Gasteiger partial charge in [-0.25, -0.2) is 0 Å². The molecule has 4 N–H and O–H groups in total. The molecule has 2 aliphatic carbocycles. The number of oxime groups is 1.